The van der Waals surface area contributed by atoms with Crippen LogP contribution in [-0.2, 0) is 13.5 Å². The van der Waals surface area contributed by atoms with E-state index in [1.807, 2.05) is 19.4 Å². The second-order valence-corrected chi connectivity index (χ2v) is 3.80. The molecule has 14 heavy (non-hydrogen) atoms. The normalized spacial score (nSPS) is 16.6. The van der Waals surface area contributed by atoms with Crippen molar-refractivity contribution in [2.75, 3.05) is 6.54 Å². The minimum atomic E-state index is 0.662. The minimum Gasteiger partial charge on any atom is -0.338 e. The molecule has 1 aromatic rings. The first-order valence-electron chi connectivity index (χ1n) is 5.21. The number of aryl methyl sites for hydroxylation is 1. The summed E-state index contributed by atoms with van der Waals surface area (Å²) >= 11 is 0. The highest BCUT2D eigenvalue weighted by Gasteiger charge is 2.08. The van der Waals surface area contributed by atoms with E-state index in [2.05, 4.69) is 27.0 Å². The molecule has 2 rings (SSSR count). The number of hydrogen-bond acceptors (Lipinski definition) is 2. The SMILES string of the molecule is Cn1ccnc1CCNC1CC=CC1. The minimum absolute atomic E-state index is 0.662. The molecule has 0 atom stereocenters. The maximum Gasteiger partial charge on any atom is 0.109 e. The molecular formula is C11H17N3. The van der Waals surface area contributed by atoms with Crippen LogP contribution in [-0.4, -0.2) is 22.1 Å². The van der Waals surface area contributed by atoms with E-state index in [1.165, 1.54) is 12.8 Å². The molecule has 0 bridgehead atoms. The Morgan fingerprint density at radius 1 is 1.50 bits per heavy atom. The average molecular weight is 191 g/mol. The van der Waals surface area contributed by atoms with Gasteiger partial charge in [0.2, 0.25) is 0 Å². The molecule has 1 aliphatic carbocycles. The van der Waals surface area contributed by atoms with E-state index in [1.54, 1.807) is 0 Å². The van der Waals surface area contributed by atoms with Crippen LogP contribution in [0.25, 0.3) is 0 Å². The van der Waals surface area contributed by atoms with Crippen molar-refractivity contribution in [2.45, 2.75) is 25.3 Å². The van der Waals surface area contributed by atoms with E-state index in [0.717, 1.165) is 18.8 Å². The molecule has 0 aromatic carbocycles. The summed E-state index contributed by atoms with van der Waals surface area (Å²) < 4.78 is 2.08. The van der Waals surface area contributed by atoms with E-state index in [-0.39, 0.29) is 0 Å². The molecule has 0 spiro atoms. The Morgan fingerprint density at radius 3 is 2.93 bits per heavy atom. The Hall–Kier alpha value is -1.09. The van der Waals surface area contributed by atoms with Crippen molar-refractivity contribution in [3.8, 4) is 0 Å². The number of imidazole rings is 1. The van der Waals surface area contributed by atoms with Gasteiger partial charge in [-0.25, -0.2) is 4.98 Å². The third-order valence-electron chi connectivity index (χ3n) is 2.71. The van der Waals surface area contributed by atoms with Gasteiger partial charge in [-0.2, -0.15) is 0 Å². The van der Waals surface area contributed by atoms with Crippen molar-refractivity contribution in [3.05, 3.63) is 30.4 Å². The van der Waals surface area contributed by atoms with Crippen LogP contribution < -0.4 is 5.32 Å². The molecule has 76 valence electrons. The van der Waals surface area contributed by atoms with Crippen molar-refractivity contribution < 1.29 is 0 Å². The zero-order chi connectivity index (χ0) is 9.80. The molecule has 0 unspecified atom stereocenters. The molecule has 0 fully saturated rings. The zero-order valence-corrected chi connectivity index (χ0v) is 8.61. The largest absolute Gasteiger partial charge is 0.338 e. The second-order valence-electron chi connectivity index (χ2n) is 3.80. The number of nitrogens with zero attached hydrogens (tertiary/aromatic N) is 2. The van der Waals surface area contributed by atoms with Crippen LogP contribution >= 0.6 is 0 Å². The quantitative estimate of drug-likeness (QED) is 0.726. The lowest BCUT2D eigenvalue weighted by molar-refractivity contribution is 0.533. The maximum absolute atomic E-state index is 4.29. The topological polar surface area (TPSA) is 29.9 Å². The molecule has 1 aromatic heterocycles. The van der Waals surface area contributed by atoms with Gasteiger partial charge in [-0.15, -0.1) is 0 Å². The van der Waals surface area contributed by atoms with Crippen LogP contribution in [0.5, 0.6) is 0 Å². The summed E-state index contributed by atoms with van der Waals surface area (Å²) in [6.45, 7) is 1.02. The summed E-state index contributed by atoms with van der Waals surface area (Å²) in [4.78, 5) is 4.29. The molecule has 0 saturated heterocycles. The Morgan fingerprint density at radius 2 is 2.29 bits per heavy atom. The lowest BCUT2D eigenvalue weighted by Gasteiger charge is -2.11. The van der Waals surface area contributed by atoms with Gasteiger partial charge in [-0.3, -0.25) is 0 Å². The predicted octanol–water partition coefficient (Wildman–Crippen LogP) is 1.27. The lowest BCUT2D eigenvalue weighted by Crippen LogP contribution is -2.28. The summed E-state index contributed by atoms with van der Waals surface area (Å²) in [5.74, 6) is 1.16. The molecule has 0 radical (unpaired) electrons. The van der Waals surface area contributed by atoms with Crippen molar-refractivity contribution in [3.63, 3.8) is 0 Å². The van der Waals surface area contributed by atoms with E-state index < -0.39 is 0 Å². The fraction of sp³-hybridized carbons (Fsp3) is 0.545. The predicted molar refractivity (Wildman–Crippen MR) is 57.1 cm³/mol. The first-order valence-corrected chi connectivity index (χ1v) is 5.21. The van der Waals surface area contributed by atoms with Gasteiger partial charge >= 0.3 is 0 Å². The van der Waals surface area contributed by atoms with Crippen molar-refractivity contribution in [2.24, 2.45) is 7.05 Å². The Balaban J connectivity index is 1.70. The Labute approximate surface area is 84.8 Å². The van der Waals surface area contributed by atoms with Gasteiger partial charge in [0.25, 0.3) is 0 Å². The van der Waals surface area contributed by atoms with Crippen molar-refractivity contribution >= 4 is 0 Å². The lowest BCUT2D eigenvalue weighted by atomic mass is 10.2. The van der Waals surface area contributed by atoms with Crippen LogP contribution in [0, 0.1) is 0 Å². The van der Waals surface area contributed by atoms with Gasteiger partial charge in [-0.1, -0.05) is 12.2 Å². The van der Waals surface area contributed by atoms with E-state index in [9.17, 15) is 0 Å². The molecule has 3 nitrogen and oxygen atoms in total. The highest BCUT2D eigenvalue weighted by atomic mass is 15.0. The molecule has 0 saturated carbocycles. The van der Waals surface area contributed by atoms with Crippen LogP contribution in [0.3, 0.4) is 0 Å². The van der Waals surface area contributed by atoms with Gasteiger partial charge in [0.15, 0.2) is 0 Å². The summed E-state index contributed by atoms with van der Waals surface area (Å²) in [7, 11) is 2.04. The van der Waals surface area contributed by atoms with Crippen molar-refractivity contribution in [1.29, 1.82) is 0 Å². The molecule has 1 N–H and O–H groups in total. The third kappa shape index (κ3) is 2.23. The van der Waals surface area contributed by atoms with Crippen LogP contribution in [0.4, 0.5) is 0 Å². The Bertz CT molecular complexity index is 306. The second kappa shape index (κ2) is 4.42. The van der Waals surface area contributed by atoms with Gasteiger partial charge < -0.3 is 9.88 Å². The van der Waals surface area contributed by atoms with Crippen LogP contribution in [0.15, 0.2) is 24.5 Å². The first-order chi connectivity index (χ1) is 6.86. The highest BCUT2D eigenvalue weighted by Crippen LogP contribution is 2.08. The monoisotopic (exact) mass is 191 g/mol. The summed E-state index contributed by atoms with van der Waals surface area (Å²) in [6.07, 6.45) is 11.7. The Kier molecular flexibility index (Phi) is 2.99. The fourth-order valence-electron chi connectivity index (χ4n) is 1.81. The van der Waals surface area contributed by atoms with Gasteiger partial charge in [0.1, 0.15) is 5.82 Å². The highest BCUT2D eigenvalue weighted by molar-refractivity contribution is 4.98. The maximum atomic E-state index is 4.29. The average Bonchev–Trinajstić information content (AvgIpc) is 2.78. The van der Waals surface area contributed by atoms with Crippen LogP contribution in [0.1, 0.15) is 18.7 Å². The molecule has 1 heterocycles. The molecular weight excluding hydrogens is 174 g/mol. The van der Waals surface area contributed by atoms with E-state index in [4.69, 9.17) is 0 Å². The van der Waals surface area contributed by atoms with Crippen molar-refractivity contribution in [1.82, 2.24) is 14.9 Å². The number of nitrogens with one attached hydrogen (secondary N) is 1. The van der Waals surface area contributed by atoms with Gasteiger partial charge in [0, 0.05) is 38.4 Å². The standard InChI is InChI=1S/C11H17N3/c1-14-9-8-13-11(14)6-7-12-10-4-2-3-5-10/h2-3,8-10,12H,4-7H2,1H3. The summed E-state index contributed by atoms with van der Waals surface area (Å²) in [5.41, 5.74) is 0. The summed E-state index contributed by atoms with van der Waals surface area (Å²) in [5, 5.41) is 3.53. The molecule has 0 aliphatic heterocycles. The third-order valence-corrected chi connectivity index (χ3v) is 2.71. The number of aromatic nitrogens is 2. The number of rotatable bonds is 4. The fourth-order valence-corrected chi connectivity index (χ4v) is 1.81. The van der Waals surface area contributed by atoms with E-state index in [0.29, 0.717) is 6.04 Å². The smallest absolute Gasteiger partial charge is 0.109 e. The molecule has 1 aliphatic rings. The van der Waals surface area contributed by atoms with Gasteiger partial charge in [0.05, 0.1) is 0 Å². The number of hydrogen-bond donors (Lipinski definition) is 1. The first kappa shape index (κ1) is 9.46. The van der Waals surface area contributed by atoms with Crippen LogP contribution in [0.2, 0.25) is 0 Å². The zero-order valence-electron chi connectivity index (χ0n) is 8.61. The van der Waals surface area contributed by atoms with E-state index >= 15 is 0 Å². The summed E-state index contributed by atoms with van der Waals surface area (Å²) in [6, 6.07) is 0.662. The molecule has 0 amide bonds. The van der Waals surface area contributed by atoms with Gasteiger partial charge in [-0.05, 0) is 12.8 Å². The molecule has 3 heteroatoms.